The van der Waals surface area contributed by atoms with E-state index in [1.54, 1.807) is 17.0 Å². The summed E-state index contributed by atoms with van der Waals surface area (Å²) in [6.07, 6.45) is 0.895. The van der Waals surface area contributed by atoms with E-state index < -0.39 is 0 Å². The van der Waals surface area contributed by atoms with E-state index in [1.807, 2.05) is 6.92 Å². The number of piperazine rings is 1. The highest BCUT2D eigenvalue weighted by Crippen LogP contribution is 2.13. The van der Waals surface area contributed by atoms with Gasteiger partial charge < -0.3 is 15.3 Å². The molecule has 0 aliphatic carbocycles. The molecule has 6 heteroatoms. The van der Waals surface area contributed by atoms with Crippen LogP contribution in [0.15, 0.2) is 24.3 Å². The molecule has 2 rings (SSSR count). The van der Waals surface area contributed by atoms with Gasteiger partial charge in [-0.25, -0.2) is 9.18 Å². The van der Waals surface area contributed by atoms with E-state index in [4.69, 9.17) is 0 Å². The number of anilines is 1. The molecule has 21 heavy (non-hydrogen) atoms. The molecule has 1 atom stereocenters. The lowest BCUT2D eigenvalue weighted by atomic mass is 10.2. The molecular formula is C15H22FN3O2. The number of nitrogens with zero attached hydrogens (tertiary/aromatic N) is 2. The first-order valence-electron chi connectivity index (χ1n) is 7.30. The number of amides is 2. The third-order valence-corrected chi connectivity index (χ3v) is 3.88. The third-order valence-electron chi connectivity index (χ3n) is 3.88. The number of halogens is 1. The first-order chi connectivity index (χ1) is 10.1. The van der Waals surface area contributed by atoms with Gasteiger partial charge in [-0.2, -0.15) is 0 Å². The van der Waals surface area contributed by atoms with Crippen molar-refractivity contribution >= 4 is 11.7 Å². The number of rotatable bonds is 4. The molecule has 0 aromatic heterocycles. The van der Waals surface area contributed by atoms with Crippen molar-refractivity contribution in [3.05, 3.63) is 30.1 Å². The van der Waals surface area contributed by atoms with E-state index in [0.717, 1.165) is 19.5 Å². The van der Waals surface area contributed by atoms with Crippen molar-refractivity contribution in [2.75, 3.05) is 38.1 Å². The van der Waals surface area contributed by atoms with Gasteiger partial charge in [0.05, 0.1) is 6.61 Å². The molecule has 1 fully saturated rings. The van der Waals surface area contributed by atoms with Crippen molar-refractivity contribution in [3.63, 3.8) is 0 Å². The van der Waals surface area contributed by atoms with E-state index in [-0.39, 0.29) is 24.5 Å². The van der Waals surface area contributed by atoms with Crippen molar-refractivity contribution in [3.8, 4) is 0 Å². The molecule has 1 aliphatic rings. The number of aliphatic hydroxyl groups excluding tert-OH is 1. The molecule has 0 radical (unpaired) electrons. The minimum absolute atomic E-state index is 0.145. The molecule has 2 N–H and O–H groups in total. The normalized spacial score (nSPS) is 17.6. The van der Waals surface area contributed by atoms with Crippen LogP contribution in [0.25, 0.3) is 0 Å². The van der Waals surface area contributed by atoms with Gasteiger partial charge in [0.1, 0.15) is 5.82 Å². The van der Waals surface area contributed by atoms with Crippen LogP contribution >= 0.6 is 0 Å². The Bertz CT molecular complexity index is 472. The summed E-state index contributed by atoms with van der Waals surface area (Å²) in [5, 5.41) is 12.0. The average Bonchev–Trinajstić information content (AvgIpc) is 2.49. The minimum Gasteiger partial charge on any atom is -0.395 e. The largest absolute Gasteiger partial charge is 0.395 e. The zero-order valence-corrected chi connectivity index (χ0v) is 12.3. The molecule has 1 aromatic rings. The van der Waals surface area contributed by atoms with Crippen molar-refractivity contribution < 1.29 is 14.3 Å². The quantitative estimate of drug-likeness (QED) is 0.890. The van der Waals surface area contributed by atoms with Gasteiger partial charge in [0.25, 0.3) is 0 Å². The molecule has 1 aliphatic heterocycles. The highest BCUT2D eigenvalue weighted by molar-refractivity contribution is 5.89. The standard InChI is InChI=1S/C15H22FN3O2/c1-2-14(11-20)18-6-8-19(9-7-18)15(21)17-13-5-3-4-12(16)10-13/h3-5,10,14,20H,2,6-9,11H2,1H3,(H,17,21). The van der Waals surface area contributed by atoms with E-state index in [2.05, 4.69) is 10.2 Å². The molecule has 1 unspecified atom stereocenters. The lowest BCUT2D eigenvalue weighted by Crippen LogP contribution is -2.53. The fourth-order valence-electron chi connectivity index (χ4n) is 2.56. The van der Waals surface area contributed by atoms with Gasteiger partial charge in [-0.3, -0.25) is 4.90 Å². The van der Waals surface area contributed by atoms with Crippen LogP contribution < -0.4 is 5.32 Å². The number of benzene rings is 1. The number of carbonyl (C=O) groups is 1. The van der Waals surface area contributed by atoms with Crippen LogP contribution in [-0.2, 0) is 0 Å². The van der Waals surface area contributed by atoms with Gasteiger partial charge in [0.15, 0.2) is 0 Å². The van der Waals surface area contributed by atoms with Crippen molar-refractivity contribution in [1.82, 2.24) is 9.80 Å². The van der Waals surface area contributed by atoms with Crippen LogP contribution in [0.2, 0.25) is 0 Å². The van der Waals surface area contributed by atoms with E-state index in [9.17, 15) is 14.3 Å². The monoisotopic (exact) mass is 295 g/mol. The summed E-state index contributed by atoms with van der Waals surface area (Å²) in [5.74, 6) is -0.369. The average molecular weight is 295 g/mol. The molecule has 1 aromatic carbocycles. The summed E-state index contributed by atoms with van der Waals surface area (Å²) in [4.78, 5) is 16.0. The summed E-state index contributed by atoms with van der Waals surface area (Å²) >= 11 is 0. The molecule has 5 nitrogen and oxygen atoms in total. The molecule has 2 amide bonds. The van der Waals surface area contributed by atoms with Gasteiger partial charge >= 0.3 is 6.03 Å². The van der Waals surface area contributed by atoms with Gasteiger partial charge in [-0.1, -0.05) is 13.0 Å². The minimum atomic E-state index is -0.369. The topological polar surface area (TPSA) is 55.8 Å². The van der Waals surface area contributed by atoms with Crippen LogP contribution in [-0.4, -0.2) is 59.8 Å². The van der Waals surface area contributed by atoms with Gasteiger partial charge in [-0.05, 0) is 24.6 Å². The molecule has 116 valence electrons. The number of aliphatic hydroxyl groups is 1. The fraction of sp³-hybridized carbons (Fsp3) is 0.533. The third kappa shape index (κ3) is 4.15. The van der Waals surface area contributed by atoms with Crippen LogP contribution in [0.4, 0.5) is 14.9 Å². The summed E-state index contributed by atoms with van der Waals surface area (Å²) < 4.78 is 13.1. The zero-order valence-electron chi connectivity index (χ0n) is 12.3. The summed E-state index contributed by atoms with van der Waals surface area (Å²) in [6.45, 7) is 4.90. The van der Waals surface area contributed by atoms with Gasteiger partial charge in [0, 0.05) is 37.9 Å². The number of carbonyl (C=O) groups excluding carboxylic acids is 1. The maximum atomic E-state index is 13.1. The Kier molecular flexibility index (Phi) is 5.52. The smallest absolute Gasteiger partial charge is 0.321 e. The van der Waals surface area contributed by atoms with E-state index in [0.29, 0.717) is 18.8 Å². The molecule has 0 bridgehead atoms. The maximum Gasteiger partial charge on any atom is 0.321 e. The Balaban J connectivity index is 1.86. The number of nitrogens with one attached hydrogen (secondary N) is 1. The molecule has 0 spiro atoms. The van der Waals surface area contributed by atoms with Crippen LogP contribution in [0.5, 0.6) is 0 Å². The lowest BCUT2D eigenvalue weighted by Gasteiger charge is -2.38. The fourth-order valence-corrected chi connectivity index (χ4v) is 2.56. The lowest BCUT2D eigenvalue weighted by molar-refractivity contribution is 0.0766. The summed E-state index contributed by atoms with van der Waals surface area (Å²) in [5.41, 5.74) is 0.462. The van der Waals surface area contributed by atoms with E-state index in [1.165, 1.54) is 12.1 Å². The molecule has 0 saturated carbocycles. The second-order valence-electron chi connectivity index (χ2n) is 5.21. The zero-order chi connectivity index (χ0) is 15.2. The highest BCUT2D eigenvalue weighted by atomic mass is 19.1. The highest BCUT2D eigenvalue weighted by Gasteiger charge is 2.24. The van der Waals surface area contributed by atoms with Crippen LogP contribution in [0.3, 0.4) is 0 Å². The van der Waals surface area contributed by atoms with Gasteiger partial charge in [-0.15, -0.1) is 0 Å². The van der Waals surface area contributed by atoms with Crippen LogP contribution in [0, 0.1) is 5.82 Å². The summed E-state index contributed by atoms with van der Waals surface area (Å²) in [6, 6.07) is 5.82. The first-order valence-corrected chi connectivity index (χ1v) is 7.30. The molecular weight excluding hydrogens is 273 g/mol. The van der Waals surface area contributed by atoms with Crippen molar-refractivity contribution in [2.24, 2.45) is 0 Å². The van der Waals surface area contributed by atoms with E-state index >= 15 is 0 Å². The number of hydrogen-bond acceptors (Lipinski definition) is 3. The maximum absolute atomic E-state index is 13.1. The Morgan fingerprint density at radius 1 is 1.38 bits per heavy atom. The second kappa shape index (κ2) is 7.38. The molecule has 1 heterocycles. The van der Waals surface area contributed by atoms with Crippen molar-refractivity contribution in [1.29, 1.82) is 0 Å². The first kappa shape index (κ1) is 15.7. The Morgan fingerprint density at radius 3 is 2.67 bits per heavy atom. The van der Waals surface area contributed by atoms with Crippen molar-refractivity contribution in [2.45, 2.75) is 19.4 Å². The Hall–Kier alpha value is -1.66. The second-order valence-corrected chi connectivity index (χ2v) is 5.21. The number of urea groups is 1. The Labute approximate surface area is 124 Å². The number of hydrogen-bond donors (Lipinski definition) is 2. The van der Waals surface area contributed by atoms with Crippen LogP contribution in [0.1, 0.15) is 13.3 Å². The predicted octanol–water partition coefficient (Wildman–Crippen LogP) is 1.75. The Morgan fingerprint density at radius 2 is 2.10 bits per heavy atom. The van der Waals surface area contributed by atoms with Gasteiger partial charge in [0.2, 0.25) is 0 Å². The predicted molar refractivity (Wildman–Crippen MR) is 79.7 cm³/mol. The SMILES string of the molecule is CCC(CO)N1CCN(C(=O)Nc2cccc(F)c2)CC1. The molecule has 1 saturated heterocycles. The summed E-state index contributed by atoms with van der Waals surface area (Å²) in [7, 11) is 0.